The van der Waals surface area contributed by atoms with Crippen LogP contribution in [0.25, 0.3) is 77.0 Å². The zero-order chi connectivity index (χ0) is 38.5. The lowest BCUT2D eigenvalue weighted by Gasteiger charge is -2.19. The van der Waals surface area contributed by atoms with Gasteiger partial charge in [-0.1, -0.05) is 139 Å². The summed E-state index contributed by atoms with van der Waals surface area (Å²) >= 11 is 0. The number of benzene rings is 7. The number of furan rings is 1. The number of hydrogen-bond donors (Lipinski definition) is 0. The van der Waals surface area contributed by atoms with Crippen molar-refractivity contribution in [2.75, 3.05) is 0 Å². The van der Waals surface area contributed by atoms with Gasteiger partial charge in [0.2, 0.25) is 0 Å². The third-order valence-electron chi connectivity index (χ3n) is 7.21. The first kappa shape index (κ1) is 13.8. The van der Waals surface area contributed by atoms with E-state index in [1.807, 2.05) is 0 Å². The summed E-state index contributed by atoms with van der Waals surface area (Å²) in [6.45, 7) is 0. The van der Waals surface area contributed by atoms with Crippen LogP contribution in [-0.2, 0) is 0 Å². The molecule has 1 heterocycles. The Balaban J connectivity index is 1.56. The van der Waals surface area contributed by atoms with Crippen LogP contribution in [0.1, 0.15) is 17.8 Å². The third kappa shape index (κ3) is 3.86. The molecule has 1 heteroatoms. The minimum atomic E-state index is -0.659. The summed E-state index contributed by atoms with van der Waals surface area (Å²) in [5.74, 6) is 0. The van der Waals surface area contributed by atoms with Gasteiger partial charge in [0, 0.05) is 16.5 Å². The van der Waals surface area contributed by atoms with Gasteiger partial charge in [0.1, 0.15) is 6.95 Å². The monoisotopic (exact) mass is 535 g/mol. The van der Waals surface area contributed by atoms with Gasteiger partial charge in [0.25, 0.3) is 0 Å². The summed E-state index contributed by atoms with van der Waals surface area (Å²) in [7, 11) is 0. The second kappa shape index (κ2) is 9.66. The van der Waals surface area contributed by atoms with Gasteiger partial charge in [0.05, 0.1) is 22.7 Å². The standard InChI is InChI=1S/C40H26O/c1-3-13-27(14-4-1)29-23-24-31-37(26-41-38(31)25-29)40-35-21-11-9-19-33(35)39(34-20-10-12-22-36(34)40)32-18-8-7-17-30(32)28-15-5-2-6-16-28/h1-26H/i2D,5D,6D,7D,8D,15D,16D,17D,18D,23D,24D,25D,26D. The molecule has 8 aromatic rings. The lowest BCUT2D eigenvalue weighted by Crippen LogP contribution is -1.92. The van der Waals surface area contributed by atoms with E-state index in [2.05, 4.69) is 0 Å². The summed E-state index contributed by atoms with van der Waals surface area (Å²) in [6.07, 6.45) is -0.346. The van der Waals surface area contributed by atoms with E-state index in [0.717, 1.165) is 0 Å². The van der Waals surface area contributed by atoms with Gasteiger partial charge >= 0.3 is 0 Å². The first-order chi connectivity index (χ1) is 25.8. The van der Waals surface area contributed by atoms with Crippen LogP contribution in [0.2, 0.25) is 0 Å². The Labute approximate surface area is 257 Å². The van der Waals surface area contributed by atoms with Gasteiger partial charge in [-0.15, -0.1) is 0 Å². The summed E-state index contributed by atoms with van der Waals surface area (Å²) in [5, 5.41) is 1.92. The van der Waals surface area contributed by atoms with E-state index in [1.54, 1.807) is 78.9 Å². The fourth-order valence-electron chi connectivity index (χ4n) is 5.45. The topological polar surface area (TPSA) is 13.1 Å². The van der Waals surface area contributed by atoms with Crippen molar-refractivity contribution < 1.29 is 22.2 Å². The quantitative estimate of drug-likeness (QED) is 0.204. The van der Waals surface area contributed by atoms with Crippen LogP contribution in [0, 0.1) is 0 Å². The Morgan fingerprint density at radius 2 is 0.976 bits per heavy atom. The third-order valence-corrected chi connectivity index (χ3v) is 7.21. The molecule has 0 spiro atoms. The molecular weight excluding hydrogens is 496 g/mol. The van der Waals surface area contributed by atoms with E-state index in [4.69, 9.17) is 19.5 Å². The minimum Gasteiger partial charge on any atom is -0.464 e. The van der Waals surface area contributed by atoms with Gasteiger partial charge < -0.3 is 4.42 Å². The Kier molecular flexibility index (Phi) is 3.25. The molecular formula is C40H26O. The van der Waals surface area contributed by atoms with E-state index >= 15 is 0 Å². The smallest absolute Gasteiger partial charge is 0.135 e. The van der Waals surface area contributed by atoms with Crippen molar-refractivity contribution in [2.24, 2.45) is 0 Å². The van der Waals surface area contributed by atoms with Gasteiger partial charge in [-0.25, -0.2) is 0 Å². The highest BCUT2D eigenvalue weighted by Gasteiger charge is 2.20. The first-order valence-corrected chi connectivity index (χ1v) is 13.0. The van der Waals surface area contributed by atoms with Crippen LogP contribution >= 0.6 is 0 Å². The molecule has 1 nitrogen and oxygen atoms in total. The first-order valence-electron chi connectivity index (χ1n) is 19.5. The summed E-state index contributed by atoms with van der Waals surface area (Å²) in [6, 6.07) is 16.6. The van der Waals surface area contributed by atoms with Crippen molar-refractivity contribution in [1.29, 1.82) is 0 Å². The highest BCUT2D eigenvalue weighted by molar-refractivity contribution is 6.24. The molecule has 8 rings (SSSR count). The largest absolute Gasteiger partial charge is 0.464 e. The van der Waals surface area contributed by atoms with Crippen LogP contribution in [0.4, 0.5) is 0 Å². The Morgan fingerprint density at radius 1 is 0.415 bits per heavy atom. The number of fused-ring (bicyclic) bond motifs is 3. The van der Waals surface area contributed by atoms with Crippen molar-refractivity contribution in [3.05, 3.63) is 158 Å². The van der Waals surface area contributed by atoms with Crippen LogP contribution in [0.3, 0.4) is 0 Å². The van der Waals surface area contributed by atoms with E-state index in [9.17, 15) is 2.74 Å². The maximum atomic E-state index is 9.25. The average Bonchev–Trinajstić information content (AvgIpc) is 3.53. The van der Waals surface area contributed by atoms with Crippen molar-refractivity contribution in [2.45, 2.75) is 0 Å². The Hall–Kier alpha value is -5.40. The fraction of sp³-hybridized carbons (Fsp3) is 0. The Bertz CT molecular complexity index is 2830. The molecule has 7 aromatic carbocycles. The van der Waals surface area contributed by atoms with Gasteiger partial charge in [0.15, 0.2) is 0 Å². The van der Waals surface area contributed by atoms with Crippen LogP contribution in [0.15, 0.2) is 162 Å². The highest BCUT2D eigenvalue weighted by Crippen LogP contribution is 2.47. The molecule has 0 bridgehead atoms. The molecule has 0 radical (unpaired) electrons. The molecule has 0 amide bonds. The predicted octanol–water partition coefficient (Wildman–Crippen LogP) is 11.4. The SMILES string of the molecule is [2H]c1oc2c([2H])c(-c3ccccc3)c([2H])c([2H])c2c1-c1c2ccccc2c(-c2c([2H])c([2H])c([2H])c([2H])c2-c2c([2H])c([2H])c([2H])c([2H])c2[2H])c2ccccc12. The minimum absolute atomic E-state index is 0.0345. The summed E-state index contributed by atoms with van der Waals surface area (Å²) in [4.78, 5) is 0. The van der Waals surface area contributed by atoms with Crippen LogP contribution < -0.4 is 0 Å². The molecule has 0 unspecified atom stereocenters. The van der Waals surface area contributed by atoms with Crippen LogP contribution in [-0.4, -0.2) is 0 Å². The summed E-state index contributed by atoms with van der Waals surface area (Å²) < 4.78 is 121. The van der Waals surface area contributed by atoms with Crippen LogP contribution in [0.5, 0.6) is 0 Å². The molecule has 192 valence electrons. The molecule has 0 aliphatic heterocycles. The molecule has 0 saturated carbocycles. The molecule has 41 heavy (non-hydrogen) atoms. The van der Waals surface area contributed by atoms with Crippen molar-refractivity contribution in [3.63, 3.8) is 0 Å². The maximum Gasteiger partial charge on any atom is 0.135 e. The average molecular weight is 536 g/mol. The van der Waals surface area contributed by atoms with Crippen molar-refractivity contribution in [1.82, 2.24) is 0 Å². The highest BCUT2D eigenvalue weighted by atomic mass is 16.3. The molecule has 0 N–H and O–H groups in total. The zero-order valence-corrected chi connectivity index (χ0v) is 21.4. The summed E-state index contributed by atoms with van der Waals surface area (Å²) in [5.41, 5.74) is 0.855. The molecule has 1 aromatic heterocycles. The van der Waals surface area contributed by atoms with E-state index in [-0.39, 0.29) is 68.7 Å². The maximum absolute atomic E-state index is 9.25. The van der Waals surface area contributed by atoms with Crippen molar-refractivity contribution >= 4 is 32.5 Å². The van der Waals surface area contributed by atoms with Gasteiger partial charge in [-0.2, -0.15) is 0 Å². The van der Waals surface area contributed by atoms with Gasteiger partial charge in [-0.3, -0.25) is 0 Å². The molecule has 0 saturated heterocycles. The van der Waals surface area contributed by atoms with E-state index in [1.165, 1.54) is 0 Å². The molecule has 0 aliphatic rings. The van der Waals surface area contributed by atoms with E-state index < -0.39 is 54.4 Å². The lowest BCUT2D eigenvalue weighted by atomic mass is 9.84. The predicted molar refractivity (Wildman–Crippen MR) is 173 cm³/mol. The second-order valence-corrected chi connectivity index (χ2v) is 9.49. The number of hydrogen-bond acceptors (Lipinski definition) is 1. The lowest BCUT2D eigenvalue weighted by molar-refractivity contribution is 0.617. The zero-order valence-electron chi connectivity index (χ0n) is 34.4. The fourth-order valence-corrected chi connectivity index (χ4v) is 5.45. The Morgan fingerprint density at radius 3 is 1.63 bits per heavy atom. The molecule has 0 atom stereocenters. The van der Waals surface area contributed by atoms with E-state index in [0.29, 0.717) is 32.7 Å². The normalized spacial score (nSPS) is 15.9. The number of rotatable bonds is 4. The van der Waals surface area contributed by atoms with Crippen molar-refractivity contribution in [3.8, 4) is 44.5 Å². The molecule has 0 fully saturated rings. The van der Waals surface area contributed by atoms with Gasteiger partial charge in [-0.05, 0) is 67.0 Å². The second-order valence-electron chi connectivity index (χ2n) is 9.49. The molecule has 0 aliphatic carbocycles.